The summed E-state index contributed by atoms with van der Waals surface area (Å²) >= 11 is 0. The first-order valence-corrected chi connectivity index (χ1v) is 6.70. The molecule has 1 fully saturated rings. The Balaban J connectivity index is 2.01. The highest BCUT2D eigenvalue weighted by molar-refractivity contribution is 5.47. The van der Waals surface area contributed by atoms with Crippen molar-refractivity contribution in [3.8, 4) is 12.3 Å². The summed E-state index contributed by atoms with van der Waals surface area (Å²) in [6, 6.07) is 4.89. The lowest BCUT2D eigenvalue weighted by atomic mass is 10.2. The Morgan fingerprint density at radius 1 is 1.56 bits per heavy atom. The molecular formula is C15H21N3. The largest absolute Gasteiger partial charge is 0.360 e. The van der Waals surface area contributed by atoms with Crippen LogP contribution in [0.5, 0.6) is 0 Å². The average molecular weight is 243 g/mol. The van der Waals surface area contributed by atoms with Crippen LogP contribution in [0.3, 0.4) is 0 Å². The van der Waals surface area contributed by atoms with E-state index in [1.165, 1.54) is 18.5 Å². The lowest BCUT2D eigenvalue weighted by Crippen LogP contribution is -2.25. The Bertz CT molecular complexity index is 418. The fourth-order valence-electron chi connectivity index (χ4n) is 1.97. The molecule has 3 heteroatoms. The van der Waals surface area contributed by atoms with Gasteiger partial charge in [-0.3, -0.25) is 4.98 Å². The third kappa shape index (κ3) is 3.75. The number of hydrogen-bond acceptors (Lipinski definition) is 3. The summed E-state index contributed by atoms with van der Waals surface area (Å²) < 4.78 is 0. The summed E-state index contributed by atoms with van der Waals surface area (Å²) in [7, 11) is 0. The molecule has 1 aromatic heterocycles. The highest BCUT2D eigenvalue weighted by Gasteiger charge is 2.20. The quantitative estimate of drug-likeness (QED) is 0.744. The van der Waals surface area contributed by atoms with Gasteiger partial charge in [0.25, 0.3) is 0 Å². The Hall–Kier alpha value is -1.53. The molecule has 0 atom stereocenters. The van der Waals surface area contributed by atoms with E-state index in [-0.39, 0.29) is 0 Å². The number of anilines is 1. The van der Waals surface area contributed by atoms with Gasteiger partial charge in [-0.25, -0.2) is 0 Å². The fourth-order valence-corrected chi connectivity index (χ4v) is 1.97. The molecule has 1 N–H and O–H groups in total. The van der Waals surface area contributed by atoms with Crippen LogP contribution in [0.2, 0.25) is 0 Å². The van der Waals surface area contributed by atoms with Crippen molar-refractivity contribution >= 4 is 5.69 Å². The van der Waals surface area contributed by atoms with Crippen LogP contribution in [0.25, 0.3) is 0 Å². The molecule has 0 radical (unpaired) electrons. The van der Waals surface area contributed by atoms with E-state index >= 15 is 0 Å². The van der Waals surface area contributed by atoms with Crippen molar-refractivity contribution in [3.63, 3.8) is 0 Å². The second-order valence-electron chi connectivity index (χ2n) is 4.79. The molecule has 1 aromatic rings. The fraction of sp³-hybridized carbons (Fsp3) is 0.533. The number of terminal acetylenes is 1. The third-order valence-corrected chi connectivity index (χ3v) is 3.09. The Morgan fingerprint density at radius 3 is 3.06 bits per heavy atom. The molecule has 1 saturated carbocycles. The molecule has 2 rings (SSSR count). The molecule has 0 amide bonds. The topological polar surface area (TPSA) is 28.2 Å². The van der Waals surface area contributed by atoms with Gasteiger partial charge in [0.2, 0.25) is 0 Å². The van der Waals surface area contributed by atoms with Gasteiger partial charge in [-0.2, -0.15) is 0 Å². The van der Waals surface area contributed by atoms with Crippen LogP contribution in [0.15, 0.2) is 18.3 Å². The van der Waals surface area contributed by atoms with E-state index < -0.39 is 0 Å². The molecule has 3 nitrogen and oxygen atoms in total. The zero-order valence-corrected chi connectivity index (χ0v) is 11.0. The predicted octanol–water partition coefficient (Wildman–Crippen LogP) is 2.18. The van der Waals surface area contributed by atoms with E-state index in [0.29, 0.717) is 12.6 Å². The molecule has 0 aliphatic heterocycles. The lowest BCUT2D eigenvalue weighted by molar-refractivity contribution is 0.674. The van der Waals surface area contributed by atoms with Crippen LogP contribution >= 0.6 is 0 Å². The van der Waals surface area contributed by atoms with E-state index in [1.807, 2.05) is 12.3 Å². The summed E-state index contributed by atoms with van der Waals surface area (Å²) in [5.41, 5.74) is 2.27. The Kier molecular flexibility index (Phi) is 4.60. The van der Waals surface area contributed by atoms with Crippen LogP contribution in [-0.2, 0) is 6.54 Å². The maximum Gasteiger partial charge on any atom is 0.0791 e. The number of hydrogen-bond donors (Lipinski definition) is 1. The first-order valence-electron chi connectivity index (χ1n) is 6.70. The maximum atomic E-state index is 5.42. The van der Waals surface area contributed by atoms with Gasteiger partial charge >= 0.3 is 0 Å². The Morgan fingerprint density at radius 2 is 2.39 bits per heavy atom. The zero-order valence-electron chi connectivity index (χ0n) is 11.0. The second kappa shape index (κ2) is 6.42. The SMILES string of the molecule is C#CCN(CCC)c1ccnc(CNC2CC2)c1. The second-order valence-corrected chi connectivity index (χ2v) is 4.79. The predicted molar refractivity (Wildman–Crippen MR) is 75.4 cm³/mol. The normalized spacial score (nSPS) is 14.2. The van der Waals surface area contributed by atoms with Crippen LogP contribution in [0, 0.1) is 12.3 Å². The van der Waals surface area contributed by atoms with Crippen molar-refractivity contribution in [1.82, 2.24) is 10.3 Å². The minimum atomic E-state index is 0.660. The summed E-state index contributed by atoms with van der Waals surface area (Å²) in [6.45, 7) is 4.67. The molecule has 1 aliphatic carbocycles. The molecule has 0 aromatic carbocycles. The molecule has 0 spiro atoms. The molecule has 0 saturated heterocycles. The maximum absolute atomic E-state index is 5.42. The minimum Gasteiger partial charge on any atom is -0.360 e. The van der Waals surface area contributed by atoms with Gasteiger partial charge in [0.15, 0.2) is 0 Å². The van der Waals surface area contributed by atoms with Crippen LogP contribution in [0.4, 0.5) is 5.69 Å². The highest BCUT2D eigenvalue weighted by Crippen LogP contribution is 2.20. The highest BCUT2D eigenvalue weighted by atomic mass is 15.1. The van der Waals surface area contributed by atoms with Crippen LogP contribution in [-0.4, -0.2) is 24.1 Å². The monoisotopic (exact) mass is 243 g/mol. The molecule has 0 unspecified atom stereocenters. The first kappa shape index (κ1) is 12.9. The molecule has 1 heterocycles. The van der Waals surface area contributed by atoms with Crippen LogP contribution in [0.1, 0.15) is 31.9 Å². The van der Waals surface area contributed by atoms with Crippen molar-refractivity contribution in [2.45, 2.75) is 38.8 Å². The van der Waals surface area contributed by atoms with Gasteiger partial charge in [0.05, 0.1) is 12.2 Å². The average Bonchev–Trinajstić information content (AvgIpc) is 3.21. The van der Waals surface area contributed by atoms with Crippen LogP contribution < -0.4 is 10.2 Å². The molecule has 96 valence electrons. The van der Waals surface area contributed by atoms with Gasteiger partial charge in [-0.15, -0.1) is 6.42 Å². The van der Waals surface area contributed by atoms with Crippen molar-refractivity contribution < 1.29 is 0 Å². The molecular weight excluding hydrogens is 222 g/mol. The standard InChI is InChI=1S/C15H21N3/c1-3-9-18(10-4-2)15-7-8-16-14(11-15)12-17-13-5-6-13/h1,7-8,11,13,17H,4-6,9-10,12H2,2H3. The number of aromatic nitrogens is 1. The van der Waals surface area contributed by atoms with Crippen molar-refractivity contribution in [2.75, 3.05) is 18.0 Å². The van der Waals surface area contributed by atoms with E-state index in [4.69, 9.17) is 6.42 Å². The zero-order chi connectivity index (χ0) is 12.8. The summed E-state index contributed by atoms with van der Waals surface area (Å²) in [6.07, 6.45) is 11.0. The first-order chi connectivity index (χ1) is 8.83. The van der Waals surface area contributed by atoms with Crippen molar-refractivity contribution in [1.29, 1.82) is 0 Å². The number of nitrogens with zero attached hydrogens (tertiary/aromatic N) is 2. The number of nitrogens with one attached hydrogen (secondary N) is 1. The van der Waals surface area contributed by atoms with Crippen molar-refractivity contribution in [3.05, 3.63) is 24.0 Å². The summed E-state index contributed by atoms with van der Waals surface area (Å²) in [5.74, 6) is 2.72. The van der Waals surface area contributed by atoms with E-state index in [0.717, 1.165) is 25.2 Å². The molecule has 0 bridgehead atoms. The molecule has 18 heavy (non-hydrogen) atoms. The Labute approximate surface area is 110 Å². The minimum absolute atomic E-state index is 0.660. The summed E-state index contributed by atoms with van der Waals surface area (Å²) in [5, 5.41) is 3.48. The van der Waals surface area contributed by atoms with Gasteiger partial charge in [-0.1, -0.05) is 12.8 Å². The smallest absolute Gasteiger partial charge is 0.0791 e. The van der Waals surface area contributed by atoms with Gasteiger partial charge in [0, 0.05) is 31.0 Å². The van der Waals surface area contributed by atoms with E-state index in [9.17, 15) is 0 Å². The number of pyridine rings is 1. The van der Waals surface area contributed by atoms with Gasteiger partial charge < -0.3 is 10.2 Å². The summed E-state index contributed by atoms with van der Waals surface area (Å²) in [4.78, 5) is 6.63. The van der Waals surface area contributed by atoms with Gasteiger partial charge in [0.1, 0.15) is 0 Å². The lowest BCUT2D eigenvalue weighted by Gasteiger charge is -2.22. The number of rotatable bonds is 7. The third-order valence-electron chi connectivity index (χ3n) is 3.09. The molecule has 1 aliphatic rings. The van der Waals surface area contributed by atoms with Gasteiger partial charge in [-0.05, 0) is 31.4 Å². The van der Waals surface area contributed by atoms with Crippen molar-refractivity contribution in [2.24, 2.45) is 0 Å². The van der Waals surface area contributed by atoms with E-state index in [1.54, 1.807) is 0 Å². The van der Waals surface area contributed by atoms with E-state index in [2.05, 4.69) is 34.1 Å².